The molecule has 0 atom stereocenters. The Hall–Kier alpha value is -3.09. The topological polar surface area (TPSA) is 76.7 Å². The van der Waals surface area contributed by atoms with Crippen LogP contribution in [0.15, 0.2) is 42.5 Å². The highest BCUT2D eigenvalue weighted by atomic mass is 19.1. The standard InChI is InChI=1S/C18H19FN2O4/c1-11(2)25-15-9-6-13(10-16(15)24-3)18(23)21-20-17(22)12-4-7-14(19)8-5-12/h4-11H,1-3H3,(H,20,22)(H,21,23). The molecular formula is C18H19FN2O4. The smallest absolute Gasteiger partial charge is 0.269 e. The van der Waals surface area contributed by atoms with Crippen molar-refractivity contribution in [2.45, 2.75) is 20.0 Å². The van der Waals surface area contributed by atoms with E-state index in [-0.39, 0.29) is 17.2 Å². The predicted octanol–water partition coefficient (Wildman–Crippen LogP) is 2.70. The molecule has 0 bridgehead atoms. The van der Waals surface area contributed by atoms with Crippen LogP contribution in [-0.4, -0.2) is 25.0 Å². The van der Waals surface area contributed by atoms with Gasteiger partial charge >= 0.3 is 0 Å². The van der Waals surface area contributed by atoms with Crippen LogP contribution >= 0.6 is 0 Å². The van der Waals surface area contributed by atoms with Gasteiger partial charge in [-0.05, 0) is 56.3 Å². The quantitative estimate of drug-likeness (QED) is 0.816. The van der Waals surface area contributed by atoms with E-state index in [0.717, 1.165) is 12.1 Å². The zero-order chi connectivity index (χ0) is 18.4. The lowest BCUT2D eigenvalue weighted by atomic mass is 10.2. The fraction of sp³-hybridized carbons (Fsp3) is 0.222. The summed E-state index contributed by atoms with van der Waals surface area (Å²) in [6.07, 6.45) is -0.0384. The number of amides is 2. The summed E-state index contributed by atoms with van der Waals surface area (Å²) in [5.74, 6) is -0.600. The van der Waals surface area contributed by atoms with Crippen molar-refractivity contribution in [3.05, 3.63) is 59.4 Å². The average Bonchev–Trinajstić information content (AvgIpc) is 2.59. The molecular weight excluding hydrogens is 327 g/mol. The maximum Gasteiger partial charge on any atom is 0.269 e. The van der Waals surface area contributed by atoms with Crippen molar-refractivity contribution < 1.29 is 23.5 Å². The molecule has 0 aliphatic heterocycles. The summed E-state index contributed by atoms with van der Waals surface area (Å²) in [4.78, 5) is 24.1. The Morgan fingerprint density at radius 2 is 1.48 bits per heavy atom. The van der Waals surface area contributed by atoms with Gasteiger partial charge in [0.15, 0.2) is 11.5 Å². The van der Waals surface area contributed by atoms with Gasteiger partial charge in [-0.15, -0.1) is 0 Å². The molecule has 2 N–H and O–H groups in total. The molecule has 0 spiro atoms. The number of hydrogen-bond acceptors (Lipinski definition) is 4. The average molecular weight is 346 g/mol. The third-order valence-electron chi connectivity index (χ3n) is 3.18. The van der Waals surface area contributed by atoms with Gasteiger partial charge < -0.3 is 9.47 Å². The first kappa shape index (κ1) is 18.3. The molecule has 25 heavy (non-hydrogen) atoms. The van der Waals surface area contributed by atoms with E-state index in [2.05, 4.69) is 10.9 Å². The third-order valence-corrected chi connectivity index (χ3v) is 3.18. The lowest BCUT2D eigenvalue weighted by Gasteiger charge is -2.14. The molecule has 7 heteroatoms. The Morgan fingerprint density at radius 1 is 0.920 bits per heavy atom. The van der Waals surface area contributed by atoms with E-state index in [1.165, 1.54) is 25.3 Å². The number of hydrazine groups is 1. The van der Waals surface area contributed by atoms with E-state index in [1.54, 1.807) is 12.1 Å². The SMILES string of the molecule is COc1cc(C(=O)NNC(=O)c2ccc(F)cc2)ccc1OC(C)C. The molecule has 0 heterocycles. The number of hydrogen-bond donors (Lipinski definition) is 2. The van der Waals surface area contributed by atoms with Crippen molar-refractivity contribution in [3.8, 4) is 11.5 Å². The molecule has 0 fully saturated rings. The van der Waals surface area contributed by atoms with E-state index >= 15 is 0 Å². The summed E-state index contributed by atoms with van der Waals surface area (Å²) in [6.45, 7) is 3.76. The second-order valence-electron chi connectivity index (χ2n) is 5.45. The zero-order valence-corrected chi connectivity index (χ0v) is 14.1. The Kier molecular flexibility index (Phi) is 5.94. The van der Waals surface area contributed by atoms with Crippen LogP contribution in [0.1, 0.15) is 34.6 Å². The molecule has 0 saturated carbocycles. The molecule has 0 aromatic heterocycles. The third kappa shape index (κ3) is 4.94. The van der Waals surface area contributed by atoms with Gasteiger partial charge in [0.1, 0.15) is 5.82 Å². The molecule has 0 aliphatic carbocycles. The van der Waals surface area contributed by atoms with E-state index in [4.69, 9.17) is 9.47 Å². The number of carbonyl (C=O) groups excluding carboxylic acids is 2. The lowest BCUT2D eigenvalue weighted by Crippen LogP contribution is -2.41. The fourth-order valence-corrected chi connectivity index (χ4v) is 2.02. The highest BCUT2D eigenvalue weighted by molar-refractivity contribution is 5.99. The van der Waals surface area contributed by atoms with Gasteiger partial charge in [-0.1, -0.05) is 0 Å². The van der Waals surface area contributed by atoms with Crippen LogP contribution in [-0.2, 0) is 0 Å². The van der Waals surface area contributed by atoms with Crippen LogP contribution in [0.4, 0.5) is 4.39 Å². The Labute approximate surface area is 144 Å². The second-order valence-corrected chi connectivity index (χ2v) is 5.45. The van der Waals surface area contributed by atoms with Gasteiger partial charge in [0.2, 0.25) is 0 Å². The van der Waals surface area contributed by atoms with Crippen LogP contribution in [0.25, 0.3) is 0 Å². The maximum absolute atomic E-state index is 12.8. The summed E-state index contributed by atoms with van der Waals surface area (Å²) in [6, 6.07) is 9.64. The highest BCUT2D eigenvalue weighted by Crippen LogP contribution is 2.28. The van der Waals surface area contributed by atoms with Gasteiger partial charge in [-0.25, -0.2) is 4.39 Å². The van der Waals surface area contributed by atoms with Crippen LogP contribution < -0.4 is 20.3 Å². The number of methoxy groups -OCH3 is 1. The molecule has 0 aliphatic rings. The van der Waals surface area contributed by atoms with Crippen LogP contribution in [0.5, 0.6) is 11.5 Å². The summed E-state index contributed by atoms with van der Waals surface area (Å²) in [7, 11) is 1.47. The van der Waals surface area contributed by atoms with Crippen molar-refractivity contribution in [3.63, 3.8) is 0 Å². The normalized spacial score (nSPS) is 10.3. The molecule has 132 valence electrons. The van der Waals surface area contributed by atoms with E-state index in [9.17, 15) is 14.0 Å². The first-order valence-corrected chi connectivity index (χ1v) is 7.61. The van der Waals surface area contributed by atoms with Gasteiger partial charge in [-0.3, -0.25) is 20.4 Å². The molecule has 6 nitrogen and oxygen atoms in total. The first-order chi connectivity index (χ1) is 11.9. The van der Waals surface area contributed by atoms with Gasteiger partial charge in [0.05, 0.1) is 13.2 Å². The van der Waals surface area contributed by atoms with Crippen molar-refractivity contribution >= 4 is 11.8 Å². The van der Waals surface area contributed by atoms with E-state index in [1.807, 2.05) is 13.8 Å². The summed E-state index contributed by atoms with van der Waals surface area (Å²) < 4.78 is 23.6. The minimum Gasteiger partial charge on any atom is -0.493 e. The number of carbonyl (C=O) groups is 2. The molecule has 2 aromatic rings. The largest absolute Gasteiger partial charge is 0.493 e. The Balaban J connectivity index is 2.02. The maximum atomic E-state index is 12.8. The molecule has 0 unspecified atom stereocenters. The van der Waals surface area contributed by atoms with E-state index < -0.39 is 17.6 Å². The van der Waals surface area contributed by atoms with Gasteiger partial charge in [0, 0.05) is 11.1 Å². The van der Waals surface area contributed by atoms with Crippen LogP contribution in [0.3, 0.4) is 0 Å². The minimum atomic E-state index is -0.555. The number of ether oxygens (including phenoxy) is 2. The van der Waals surface area contributed by atoms with Crippen LogP contribution in [0.2, 0.25) is 0 Å². The summed E-state index contributed by atoms with van der Waals surface area (Å²) in [5, 5.41) is 0. The lowest BCUT2D eigenvalue weighted by molar-refractivity contribution is 0.0846. The molecule has 2 aromatic carbocycles. The molecule has 0 saturated heterocycles. The molecule has 2 rings (SSSR count). The van der Waals surface area contributed by atoms with Crippen molar-refractivity contribution in [2.24, 2.45) is 0 Å². The summed E-state index contributed by atoms with van der Waals surface area (Å²) >= 11 is 0. The molecule has 0 radical (unpaired) electrons. The van der Waals surface area contributed by atoms with Gasteiger partial charge in [-0.2, -0.15) is 0 Å². The monoisotopic (exact) mass is 346 g/mol. The van der Waals surface area contributed by atoms with E-state index in [0.29, 0.717) is 11.5 Å². The van der Waals surface area contributed by atoms with Crippen molar-refractivity contribution in [1.29, 1.82) is 0 Å². The zero-order valence-electron chi connectivity index (χ0n) is 14.1. The Bertz CT molecular complexity index is 760. The number of benzene rings is 2. The number of rotatable bonds is 5. The minimum absolute atomic E-state index is 0.0384. The molecule has 2 amide bonds. The van der Waals surface area contributed by atoms with Crippen molar-refractivity contribution in [1.82, 2.24) is 10.9 Å². The fourth-order valence-electron chi connectivity index (χ4n) is 2.02. The predicted molar refractivity (Wildman–Crippen MR) is 90.1 cm³/mol. The number of nitrogens with one attached hydrogen (secondary N) is 2. The van der Waals surface area contributed by atoms with Gasteiger partial charge in [0.25, 0.3) is 11.8 Å². The van der Waals surface area contributed by atoms with Crippen LogP contribution in [0, 0.1) is 5.82 Å². The summed E-state index contributed by atoms with van der Waals surface area (Å²) in [5.41, 5.74) is 5.07. The first-order valence-electron chi connectivity index (χ1n) is 7.61. The number of halogens is 1. The van der Waals surface area contributed by atoms with Crippen molar-refractivity contribution in [2.75, 3.05) is 7.11 Å². The second kappa shape index (κ2) is 8.14. The Morgan fingerprint density at radius 3 is 2.04 bits per heavy atom. The highest BCUT2D eigenvalue weighted by Gasteiger charge is 2.13.